The minimum Gasteiger partial charge on any atom is -0.497 e. The Bertz CT molecular complexity index is 382. The molecule has 0 aliphatic carbocycles. The van der Waals surface area contributed by atoms with Crippen LogP contribution in [-0.2, 0) is 0 Å². The van der Waals surface area contributed by atoms with Gasteiger partial charge >= 0.3 is 0 Å². The highest BCUT2D eigenvalue weighted by Gasteiger charge is 2.19. The maximum absolute atomic E-state index is 5.94. The molecule has 0 saturated carbocycles. The molecule has 1 unspecified atom stereocenters. The number of likely N-dealkylation sites (N-methyl/N-ethyl adjacent to an activating group) is 1. The molecule has 0 heterocycles. The Morgan fingerprint density at radius 3 is 2.53 bits per heavy atom. The van der Waals surface area contributed by atoms with E-state index < -0.39 is 0 Å². The van der Waals surface area contributed by atoms with Gasteiger partial charge in [0, 0.05) is 18.2 Å². The normalized spacial score (nSPS) is 12.5. The van der Waals surface area contributed by atoms with Crippen LogP contribution in [-0.4, -0.2) is 39.3 Å². The summed E-state index contributed by atoms with van der Waals surface area (Å²) in [5, 5.41) is 0. The molecule has 0 bridgehead atoms. The van der Waals surface area contributed by atoms with Gasteiger partial charge in [-0.3, -0.25) is 4.90 Å². The third kappa shape index (κ3) is 4.11. The van der Waals surface area contributed by atoms with Crippen LogP contribution in [0.3, 0.4) is 0 Å². The van der Waals surface area contributed by atoms with E-state index in [2.05, 4.69) is 18.9 Å². The summed E-state index contributed by atoms with van der Waals surface area (Å²) in [6.45, 7) is 3.80. The van der Waals surface area contributed by atoms with Gasteiger partial charge in [-0.25, -0.2) is 0 Å². The molecule has 2 N–H and O–H groups in total. The summed E-state index contributed by atoms with van der Waals surface area (Å²) in [5.41, 5.74) is 7.06. The topological polar surface area (TPSA) is 47.7 Å². The Labute approximate surface area is 116 Å². The van der Waals surface area contributed by atoms with E-state index >= 15 is 0 Å². The molecular weight excluding hydrogens is 240 g/mol. The van der Waals surface area contributed by atoms with Crippen molar-refractivity contribution in [3.63, 3.8) is 0 Å². The van der Waals surface area contributed by atoms with Crippen molar-refractivity contribution in [2.75, 3.05) is 34.4 Å². The summed E-state index contributed by atoms with van der Waals surface area (Å²) in [7, 11) is 5.44. The number of rotatable bonds is 8. The van der Waals surface area contributed by atoms with E-state index in [-0.39, 0.29) is 6.04 Å². The number of hydrogen-bond donors (Lipinski definition) is 1. The number of benzene rings is 1. The quantitative estimate of drug-likeness (QED) is 0.785. The van der Waals surface area contributed by atoms with E-state index in [4.69, 9.17) is 15.2 Å². The fourth-order valence-corrected chi connectivity index (χ4v) is 2.20. The molecule has 4 nitrogen and oxygen atoms in total. The summed E-state index contributed by atoms with van der Waals surface area (Å²) < 4.78 is 10.7. The average Bonchev–Trinajstić information content (AvgIpc) is 2.46. The van der Waals surface area contributed by atoms with Crippen molar-refractivity contribution in [3.05, 3.63) is 23.8 Å². The minimum absolute atomic E-state index is 0.174. The van der Waals surface area contributed by atoms with Crippen molar-refractivity contribution in [1.29, 1.82) is 0 Å². The lowest BCUT2D eigenvalue weighted by atomic mass is 10.0. The molecule has 4 heteroatoms. The molecule has 108 valence electrons. The highest BCUT2D eigenvalue weighted by molar-refractivity contribution is 5.42. The first-order chi connectivity index (χ1) is 9.17. The smallest absolute Gasteiger partial charge is 0.127 e. The SMILES string of the molecule is CCCCN(C)C(CN)c1ccc(OC)cc1OC. The van der Waals surface area contributed by atoms with Gasteiger partial charge in [0.05, 0.1) is 20.3 Å². The van der Waals surface area contributed by atoms with E-state index in [1.165, 1.54) is 12.8 Å². The number of methoxy groups -OCH3 is 2. The van der Waals surface area contributed by atoms with Gasteiger partial charge in [-0.2, -0.15) is 0 Å². The van der Waals surface area contributed by atoms with Crippen LogP contribution in [0.15, 0.2) is 18.2 Å². The minimum atomic E-state index is 0.174. The Morgan fingerprint density at radius 1 is 1.26 bits per heavy atom. The number of hydrogen-bond acceptors (Lipinski definition) is 4. The van der Waals surface area contributed by atoms with Crippen LogP contribution in [0.5, 0.6) is 11.5 Å². The van der Waals surface area contributed by atoms with Crippen molar-refractivity contribution in [2.24, 2.45) is 5.73 Å². The zero-order valence-corrected chi connectivity index (χ0v) is 12.5. The predicted octanol–water partition coefficient (Wildman–Crippen LogP) is 2.44. The molecule has 0 aliphatic heterocycles. The first-order valence-corrected chi connectivity index (χ1v) is 6.80. The predicted molar refractivity (Wildman–Crippen MR) is 78.9 cm³/mol. The Balaban J connectivity index is 2.96. The zero-order chi connectivity index (χ0) is 14.3. The molecule has 0 aliphatic rings. The van der Waals surface area contributed by atoms with Crippen LogP contribution >= 0.6 is 0 Å². The third-order valence-corrected chi connectivity index (χ3v) is 3.42. The van der Waals surface area contributed by atoms with Crippen LogP contribution in [0.4, 0.5) is 0 Å². The maximum atomic E-state index is 5.94. The Kier molecular flexibility index (Phi) is 6.67. The van der Waals surface area contributed by atoms with E-state index in [0.29, 0.717) is 6.54 Å². The number of unbranched alkanes of at least 4 members (excludes halogenated alkanes) is 1. The van der Waals surface area contributed by atoms with Crippen molar-refractivity contribution in [2.45, 2.75) is 25.8 Å². The van der Waals surface area contributed by atoms with Gasteiger partial charge < -0.3 is 15.2 Å². The fraction of sp³-hybridized carbons (Fsp3) is 0.600. The second-order valence-electron chi connectivity index (χ2n) is 4.69. The number of nitrogens with zero attached hydrogens (tertiary/aromatic N) is 1. The lowest BCUT2D eigenvalue weighted by molar-refractivity contribution is 0.240. The highest BCUT2D eigenvalue weighted by Crippen LogP contribution is 2.31. The molecule has 1 rings (SSSR count). The van der Waals surface area contributed by atoms with Gasteiger partial charge in [0.15, 0.2) is 0 Å². The highest BCUT2D eigenvalue weighted by atomic mass is 16.5. The van der Waals surface area contributed by atoms with Gasteiger partial charge in [-0.15, -0.1) is 0 Å². The molecule has 0 aromatic heterocycles. The van der Waals surface area contributed by atoms with Crippen LogP contribution in [0.25, 0.3) is 0 Å². The summed E-state index contributed by atoms with van der Waals surface area (Å²) in [4.78, 5) is 2.29. The first-order valence-electron chi connectivity index (χ1n) is 6.80. The zero-order valence-electron chi connectivity index (χ0n) is 12.5. The summed E-state index contributed by atoms with van der Waals surface area (Å²) >= 11 is 0. The second kappa shape index (κ2) is 8.02. The molecule has 1 aromatic rings. The van der Waals surface area contributed by atoms with Gasteiger partial charge in [-0.05, 0) is 26.1 Å². The van der Waals surface area contributed by atoms with Crippen molar-refractivity contribution >= 4 is 0 Å². The Morgan fingerprint density at radius 2 is 2.00 bits per heavy atom. The van der Waals surface area contributed by atoms with Crippen LogP contribution < -0.4 is 15.2 Å². The van der Waals surface area contributed by atoms with Crippen LogP contribution in [0.1, 0.15) is 31.4 Å². The standard InChI is InChI=1S/C15H26N2O2/c1-5-6-9-17(2)14(11-16)13-8-7-12(18-3)10-15(13)19-4/h7-8,10,14H,5-6,9,11,16H2,1-4H3. The molecule has 0 radical (unpaired) electrons. The van der Waals surface area contributed by atoms with E-state index in [1.54, 1.807) is 14.2 Å². The molecule has 1 atom stereocenters. The van der Waals surface area contributed by atoms with E-state index in [9.17, 15) is 0 Å². The molecule has 1 aromatic carbocycles. The maximum Gasteiger partial charge on any atom is 0.127 e. The molecule has 0 fully saturated rings. The van der Waals surface area contributed by atoms with E-state index in [1.807, 2.05) is 18.2 Å². The summed E-state index contributed by atoms with van der Waals surface area (Å²) in [6.07, 6.45) is 2.35. The lowest BCUT2D eigenvalue weighted by Gasteiger charge is -2.28. The summed E-state index contributed by atoms with van der Waals surface area (Å²) in [5.74, 6) is 1.63. The second-order valence-corrected chi connectivity index (χ2v) is 4.69. The van der Waals surface area contributed by atoms with Gasteiger partial charge in [0.2, 0.25) is 0 Å². The number of nitrogens with two attached hydrogens (primary N) is 1. The van der Waals surface area contributed by atoms with Crippen molar-refractivity contribution in [1.82, 2.24) is 4.90 Å². The lowest BCUT2D eigenvalue weighted by Crippen LogP contribution is -2.31. The third-order valence-electron chi connectivity index (χ3n) is 3.42. The number of ether oxygens (including phenoxy) is 2. The monoisotopic (exact) mass is 266 g/mol. The molecule has 19 heavy (non-hydrogen) atoms. The largest absolute Gasteiger partial charge is 0.497 e. The van der Waals surface area contributed by atoms with Crippen molar-refractivity contribution < 1.29 is 9.47 Å². The summed E-state index contributed by atoms with van der Waals surface area (Å²) in [6, 6.07) is 6.07. The van der Waals surface area contributed by atoms with Crippen LogP contribution in [0.2, 0.25) is 0 Å². The van der Waals surface area contributed by atoms with Gasteiger partial charge in [0.1, 0.15) is 11.5 Å². The first kappa shape index (κ1) is 15.8. The Hall–Kier alpha value is -1.26. The van der Waals surface area contributed by atoms with Crippen molar-refractivity contribution in [3.8, 4) is 11.5 Å². The molecule has 0 spiro atoms. The molecule has 0 amide bonds. The van der Waals surface area contributed by atoms with Gasteiger partial charge in [0.25, 0.3) is 0 Å². The molecular formula is C15H26N2O2. The molecule has 0 saturated heterocycles. The van der Waals surface area contributed by atoms with Gasteiger partial charge in [-0.1, -0.05) is 19.4 Å². The van der Waals surface area contributed by atoms with Crippen LogP contribution in [0, 0.1) is 0 Å². The average molecular weight is 266 g/mol. The van der Waals surface area contributed by atoms with E-state index in [0.717, 1.165) is 23.6 Å². The fourth-order valence-electron chi connectivity index (χ4n) is 2.20.